The van der Waals surface area contributed by atoms with E-state index in [1.807, 2.05) is 12.4 Å². The highest BCUT2D eigenvalue weighted by Crippen LogP contribution is 2.30. The molecule has 0 unspecified atom stereocenters. The van der Waals surface area contributed by atoms with Crippen LogP contribution in [0.25, 0.3) is 22.1 Å². The number of hydrogen-bond acceptors (Lipinski definition) is 3. The highest BCUT2D eigenvalue weighted by molar-refractivity contribution is 6.01. The maximum Gasteiger partial charge on any atom is 0.139 e. The van der Waals surface area contributed by atoms with Gasteiger partial charge in [0.05, 0.1) is 11.7 Å². The predicted molar refractivity (Wildman–Crippen MR) is 75.3 cm³/mol. The van der Waals surface area contributed by atoms with E-state index >= 15 is 0 Å². The summed E-state index contributed by atoms with van der Waals surface area (Å²) >= 11 is 0. The molecule has 0 spiro atoms. The Hall–Kier alpha value is -1.88. The van der Waals surface area contributed by atoms with Crippen molar-refractivity contribution in [1.29, 1.82) is 0 Å². The lowest BCUT2D eigenvalue weighted by Crippen LogP contribution is -2.29. The Morgan fingerprint density at radius 2 is 2.16 bits per heavy atom. The molecule has 4 rings (SSSR count). The Kier molecular flexibility index (Phi) is 2.35. The van der Waals surface area contributed by atoms with E-state index in [0.717, 1.165) is 30.1 Å². The van der Waals surface area contributed by atoms with E-state index in [-0.39, 0.29) is 0 Å². The van der Waals surface area contributed by atoms with Crippen LogP contribution in [0.5, 0.6) is 0 Å². The van der Waals surface area contributed by atoms with Crippen LogP contribution < -0.4 is 5.32 Å². The average molecular weight is 255 g/mol. The van der Waals surface area contributed by atoms with E-state index in [1.54, 1.807) is 0 Å². The fraction of sp³-hybridized carbons (Fsp3) is 0.429. The molecule has 5 nitrogen and oxygen atoms in total. The second-order valence-corrected chi connectivity index (χ2v) is 5.24. The molecule has 1 aliphatic heterocycles. The van der Waals surface area contributed by atoms with Gasteiger partial charge in [0.25, 0.3) is 0 Å². The number of fused-ring (bicyclic) bond motifs is 3. The second kappa shape index (κ2) is 4.06. The Morgan fingerprint density at radius 3 is 3.00 bits per heavy atom. The van der Waals surface area contributed by atoms with E-state index in [2.05, 4.69) is 37.8 Å². The van der Waals surface area contributed by atoms with Gasteiger partial charge in [0.2, 0.25) is 0 Å². The van der Waals surface area contributed by atoms with Crippen molar-refractivity contribution in [2.24, 2.45) is 0 Å². The summed E-state index contributed by atoms with van der Waals surface area (Å²) in [6, 6.07) is 2.65. The van der Waals surface area contributed by atoms with Crippen LogP contribution in [-0.2, 0) is 0 Å². The monoisotopic (exact) mass is 255 g/mol. The predicted octanol–water partition coefficient (Wildman–Crippen LogP) is 2.15. The number of nitrogens with one attached hydrogen (secondary N) is 2. The van der Waals surface area contributed by atoms with E-state index in [0.29, 0.717) is 6.04 Å². The Labute approximate surface area is 111 Å². The van der Waals surface area contributed by atoms with Crippen molar-refractivity contribution in [3.63, 3.8) is 0 Å². The number of nitrogens with zero attached hydrogens (tertiary/aromatic N) is 3. The first-order valence-corrected chi connectivity index (χ1v) is 6.86. The standard InChI is InChI=1S/C14H17N5/c1-9-18-12-8-17-14-11(4-7-16-14)13(12)19(9)10-2-5-15-6-3-10/h4,7-8,10,15H,2-3,5-6H2,1H3,(H,16,17). The number of rotatable bonds is 1. The molecule has 0 saturated carbocycles. The Morgan fingerprint density at radius 1 is 1.32 bits per heavy atom. The molecular formula is C14H17N5. The zero-order chi connectivity index (χ0) is 12.8. The van der Waals surface area contributed by atoms with Crippen molar-refractivity contribution in [2.75, 3.05) is 13.1 Å². The van der Waals surface area contributed by atoms with Crippen molar-refractivity contribution in [3.05, 3.63) is 24.3 Å². The van der Waals surface area contributed by atoms with Crippen LogP contribution in [0.4, 0.5) is 0 Å². The largest absolute Gasteiger partial charge is 0.346 e. The smallest absolute Gasteiger partial charge is 0.139 e. The van der Waals surface area contributed by atoms with Crippen LogP contribution in [0.15, 0.2) is 18.5 Å². The van der Waals surface area contributed by atoms with E-state index in [9.17, 15) is 0 Å². The zero-order valence-corrected chi connectivity index (χ0v) is 11.0. The highest BCUT2D eigenvalue weighted by Gasteiger charge is 2.21. The molecule has 98 valence electrons. The van der Waals surface area contributed by atoms with Crippen molar-refractivity contribution in [2.45, 2.75) is 25.8 Å². The number of imidazole rings is 1. The van der Waals surface area contributed by atoms with Crippen LogP contribution in [0.1, 0.15) is 24.7 Å². The molecule has 1 saturated heterocycles. The minimum absolute atomic E-state index is 0.548. The van der Waals surface area contributed by atoms with Gasteiger partial charge in [-0.05, 0) is 38.9 Å². The number of aromatic amines is 1. The molecule has 2 N–H and O–H groups in total. The van der Waals surface area contributed by atoms with Gasteiger partial charge in [0.15, 0.2) is 0 Å². The minimum atomic E-state index is 0.548. The van der Waals surface area contributed by atoms with Gasteiger partial charge in [0, 0.05) is 17.6 Å². The number of piperidine rings is 1. The molecule has 3 aromatic rings. The maximum atomic E-state index is 4.68. The fourth-order valence-corrected chi connectivity index (χ4v) is 3.22. The molecule has 0 atom stereocenters. The third kappa shape index (κ3) is 1.58. The van der Waals surface area contributed by atoms with Crippen molar-refractivity contribution in [3.8, 4) is 0 Å². The van der Waals surface area contributed by atoms with Crippen LogP contribution >= 0.6 is 0 Å². The van der Waals surface area contributed by atoms with Gasteiger partial charge in [0.1, 0.15) is 17.0 Å². The number of aryl methyl sites for hydroxylation is 1. The zero-order valence-electron chi connectivity index (χ0n) is 11.0. The average Bonchev–Trinajstić information content (AvgIpc) is 3.02. The molecule has 0 aromatic carbocycles. The summed E-state index contributed by atoms with van der Waals surface area (Å²) in [7, 11) is 0. The van der Waals surface area contributed by atoms with Gasteiger partial charge in [-0.25, -0.2) is 9.97 Å². The van der Waals surface area contributed by atoms with E-state index in [4.69, 9.17) is 0 Å². The van der Waals surface area contributed by atoms with Gasteiger partial charge in [-0.1, -0.05) is 0 Å². The van der Waals surface area contributed by atoms with Crippen LogP contribution in [-0.4, -0.2) is 32.6 Å². The third-order valence-corrected chi connectivity index (χ3v) is 4.08. The molecule has 0 aliphatic carbocycles. The van der Waals surface area contributed by atoms with Crippen molar-refractivity contribution >= 4 is 22.1 Å². The van der Waals surface area contributed by atoms with Gasteiger partial charge in [-0.15, -0.1) is 0 Å². The van der Waals surface area contributed by atoms with Crippen molar-refractivity contribution in [1.82, 2.24) is 24.8 Å². The third-order valence-electron chi connectivity index (χ3n) is 4.08. The van der Waals surface area contributed by atoms with E-state index < -0.39 is 0 Å². The van der Waals surface area contributed by atoms with Gasteiger partial charge in [-0.2, -0.15) is 0 Å². The normalized spacial score (nSPS) is 17.5. The fourth-order valence-electron chi connectivity index (χ4n) is 3.22. The lowest BCUT2D eigenvalue weighted by molar-refractivity contribution is 0.370. The molecule has 0 amide bonds. The molecule has 1 fully saturated rings. The van der Waals surface area contributed by atoms with E-state index in [1.165, 1.54) is 23.7 Å². The molecule has 4 heterocycles. The molecular weight excluding hydrogens is 238 g/mol. The van der Waals surface area contributed by atoms with Crippen LogP contribution in [0.2, 0.25) is 0 Å². The lowest BCUT2D eigenvalue weighted by Gasteiger charge is -2.25. The first-order valence-electron chi connectivity index (χ1n) is 6.86. The summed E-state index contributed by atoms with van der Waals surface area (Å²) in [4.78, 5) is 12.3. The summed E-state index contributed by atoms with van der Waals surface area (Å²) in [5, 5.41) is 4.60. The second-order valence-electron chi connectivity index (χ2n) is 5.24. The number of pyridine rings is 1. The maximum absolute atomic E-state index is 4.68. The summed E-state index contributed by atoms with van der Waals surface area (Å²) in [6.07, 6.45) is 6.16. The summed E-state index contributed by atoms with van der Waals surface area (Å²) in [5.41, 5.74) is 3.18. The van der Waals surface area contributed by atoms with Gasteiger partial charge >= 0.3 is 0 Å². The van der Waals surface area contributed by atoms with Crippen molar-refractivity contribution < 1.29 is 0 Å². The summed E-state index contributed by atoms with van der Waals surface area (Å²) in [6.45, 7) is 4.27. The Bertz CT molecular complexity index is 733. The topological polar surface area (TPSA) is 58.5 Å². The Balaban J connectivity index is 2.01. The first kappa shape index (κ1) is 11.0. The highest BCUT2D eigenvalue weighted by atomic mass is 15.1. The summed E-state index contributed by atoms with van der Waals surface area (Å²) < 4.78 is 2.41. The molecule has 0 radical (unpaired) electrons. The molecule has 5 heteroatoms. The molecule has 0 bridgehead atoms. The number of H-pyrrole nitrogens is 1. The van der Waals surface area contributed by atoms with Crippen LogP contribution in [0, 0.1) is 6.92 Å². The number of aromatic nitrogens is 4. The van der Waals surface area contributed by atoms with Gasteiger partial charge in [-0.3, -0.25) is 0 Å². The van der Waals surface area contributed by atoms with Crippen LogP contribution in [0.3, 0.4) is 0 Å². The molecule has 3 aromatic heterocycles. The minimum Gasteiger partial charge on any atom is -0.346 e. The quantitative estimate of drug-likeness (QED) is 0.700. The molecule has 1 aliphatic rings. The molecule has 19 heavy (non-hydrogen) atoms. The van der Waals surface area contributed by atoms with Gasteiger partial charge < -0.3 is 14.9 Å². The summed E-state index contributed by atoms with van der Waals surface area (Å²) in [5.74, 6) is 1.09. The SMILES string of the molecule is Cc1nc2cnc3[nH]ccc3c2n1C1CCNCC1. The number of hydrogen-bond donors (Lipinski definition) is 2. The lowest BCUT2D eigenvalue weighted by atomic mass is 10.1. The first-order chi connectivity index (χ1) is 9.34.